The predicted molar refractivity (Wildman–Crippen MR) is 79.7 cm³/mol. The number of anilines is 1. The van der Waals surface area contributed by atoms with Crippen LogP contribution in [0.1, 0.15) is 33.3 Å². The van der Waals surface area contributed by atoms with Gasteiger partial charge >= 0.3 is 0 Å². The van der Waals surface area contributed by atoms with Gasteiger partial charge in [-0.15, -0.1) is 0 Å². The molecule has 0 unspecified atom stereocenters. The first-order valence-corrected chi connectivity index (χ1v) is 6.81. The Bertz CT molecular complexity index is 432. The predicted octanol–water partition coefficient (Wildman–Crippen LogP) is 4.02. The van der Waals surface area contributed by atoms with Crippen molar-refractivity contribution in [1.29, 1.82) is 0 Å². The molecule has 0 spiro atoms. The molecule has 0 bridgehead atoms. The first kappa shape index (κ1) is 15.5. The Labute approximate surface area is 115 Å². The molecule has 0 N–H and O–H groups in total. The van der Waals surface area contributed by atoms with E-state index in [1.807, 2.05) is 19.1 Å². The number of nitro groups is 1. The van der Waals surface area contributed by atoms with E-state index in [1.165, 1.54) is 0 Å². The van der Waals surface area contributed by atoms with Gasteiger partial charge in [-0.25, -0.2) is 0 Å². The summed E-state index contributed by atoms with van der Waals surface area (Å²) in [5.41, 5.74) is 1.86. The zero-order valence-electron chi connectivity index (χ0n) is 12.5. The van der Waals surface area contributed by atoms with E-state index in [4.69, 9.17) is 0 Å². The SMILES string of the molecule is Cc1ccc(N(CC(C)C)CC(C)C)c([N+](=O)[O-])c1. The largest absolute Gasteiger partial charge is 0.365 e. The van der Waals surface area contributed by atoms with Gasteiger partial charge in [0.25, 0.3) is 5.69 Å². The average molecular weight is 264 g/mol. The van der Waals surface area contributed by atoms with E-state index in [0.717, 1.165) is 24.3 Å². The van der Waals surface area contributed by atoms with Gasteiger partial charge < -0.3 is 4.90 Å². The maximum absolute atomic E-state index is 11.2. The van der Waals surface area contributed by atoms with Crippen molar-refractivity contribution >= 4 is 11.4 Å². The van der Waals surface area contributed by atoms with Gasteiger partial charge in [-0.2, -0.15) is 0 Å². The van der Waals surface area contributed by atoms with Gasteiger partial charge in [0.1, 0.15) is 5.69 Å². The minimum atomic E-state index is -0.282. The third-order valence-electron chi connectivity index (χ3n) is 2.84. The van der Waals surface area contributed by atoms with Crippen LogP contribution in [0, 0.1) is 28.9 Å². The van der Waals surface area contributed by atoms with Gasteiger partial charge in [-0.1, -0.05) is 33.8 Å². The standard InChI is InChI=1S/C15H24N2O2/c1-11(2)9-16(10-12(3)4)14-7-6-13(5)8-15(14)17(18)19/h6-8,11-12H,9-10H2,1-5H3. The van der Waals surface area contributed by atoms with Crippen LogP contribution in [0.2, 0.25) is 0 Å². The number of hydrogen-bond donors (Lipinski definition) is 0. The Balaban J connectivity index is 3.16. The van der Waals surface area contributed by atoms with Crippen molar-refractivity contribution in [2.45, 2.75) is 34.6 Å². The van der Waals surface area contributed by atoms with Crippen LogP contribution >= 0.6 is 0 Å². The second-order valence-corrected chi connectivity index (χ2v) is 5.94. The first-order valence-electron chi connectivity index (χ1n) is 6.81. The quantitative estimate of drug-likeness (QED) is 0.576. The number of nitro benzene ring substituents is 1. The summed E-state index contributed by atoms with van der Waals surface area (Å²) < 4.78 is 0. The number of nitrogens with zero attached hydrogens (tertiary/aromatic N) is 2. The van der Waals surface area contributed by atoms with Crippen LogP contribution in [0.3, 0.4) is 0 Å². The Morgan fingerprint density at radius 3 is 2.11 bits per heavy atom. The molecular weight excluding hydrogens is 240 g/mol. The molecule has 4 heteroatoms. The molecule has 0 heterocycles. The zero-order chi connectivity index (χ0) is 14.6. The molecule has 19 heavy (non-hydrogen) atoms. The molecule has 0 saturated heterocycles. The molecule has 0 amide bonds. The zero-order valence-corrected chi connectivity index (χ0v) is 12.5. The van der Waals surface area contributed by atoms with Crippen LogP contribution in [0.25, 0.3) is 0 Å². The van der Waals surface area contributed by atoms with E-state index in [-0.39, 0.29) is 10.6 Å². The van der Waals surface area contributed by atoms with Crippen LogP contribution in [-0.2, 0) is 0 Å². The lowest BCUT2D eigenvalue weighted by atomic mass is 10.1. The summed E-state index contributed by atoms with van der Waals surface area (Å²) in [5.74, 6) is 0.944. The minimum absolute atomic E-state index is 0.210. The third-order valence-corrected chi connectivity index (χ3v) is 2.84. The van der Waals surface area contributed by atoms with E-state index in [1.54, 1.807) is 6.07 Å². The Morgan fingerprint density at radius 1 is 1.16 bits per heavy atom. The summed E-state index contributed by atoms with van der Waals surface area (Å²) >= 11 is 0. The van der Waals surface area contributed by atoms with Crippen LogP contribution < -0.4 is 4.90 Å². The minimum Gasteiger partial charge on any atom is -0.365 e. The molecule has 0 aliphatic carbocycles. The van der Waals surface area contributed by atoms with Gasteiger partial charge in [0.2, 0.25) is 0 Å². The fourth-order valence-electron chi connectivity index (χ4n) is 2.20. The summed E-state index contributed by atoms with van der Waals surface area (Å²) in [4.78, 5) is 13.1. The maximum Gasteiger partial charge on any atom is 0.292 e. The summed E-state index contributed by atoms with van der Waals surface area (Å²) in [6.07, 6.45) is 0. The Kier molecular flexibility index (Phi) is 5.33. The second-order valence-electron chi connectivity index (χ2n) is 5.94. The fourth-order valence-corrected chi connectivity index (χ4v) is 2.20. The van der Waals surface area contributed by atoms with E-state index >= 15 is 0 Å². The van der Waals surface area contributed by atoms with Crippen LogP contribution in [0.4, 0.5) is 11.4 Å². The molecular formula is C15H24N2O2. The van der Waals surface area contributed by atoms with Crippen LogP contribution in [0.5, 0.6) is 0 Å². The lowest BCUT2D eigenvalue weighted by Crippen LogP contribution is -2.31. The van der Waals surface area contributed by atoms with Gasteiger partial charge in [-0.05, 0) is 30.4 Å². The van der Waals surface area contributed by atoms with Gasteiger partial charge in [0, 0.05) is 19.2 Å². The molecule has 1 aromatic carbocycles. The highest BCUT2D eigenvalue weighted by Gasteiger charge is 2.20. The molecule has 0 saturated carbocycles. The number of hydrogen-bond acceptors (Lipinski definition) is 3. The van der Waals surface area contributed by atoms with E-state index in [0.29, 0.717) is 11.8 Å². The maximum atomic E-state index is 11.2. The summed E-state index contributed by atoms with van der Waals surface area (Å²) in [6, 6.07) is 5.47. The smallest absolute Gasteiger partial charge is 0.292 e. The van der Waals surface area contributed by atoms with Crippen molar-refractivity contribution in [3.8, 4) is 0 Å². The van der Waals surface area contributed by atoms with E-state index in [9.17, 15) is 10.1 Å². The highest BCUT2D eigenvalue weighted by atomic mass is 16.6. The monoisotopic (exact) mass is 264 g/mol. The number of rotatable bonds is 6. The molecule has 0 fully saturated rings. The average Bonchev–Trinajstić information content (AvgIpc) is 2.26. The van der Waals surface area contributed by atoms with Crippen molar-refractivity contribution in [1.82, 2.24) is 0 Å². The molecule has 0 aromatic heterocycles. The van der Waals surface area contributed by atoms with Crippen molar-refractivity contribution in [2.24, 2.45) is 11.8 Å². The van der Waals surface area contributed by atoms with Gasteiger partial charge in [-0.3, -0.25) is 10.1 Å². The highest BCUT2D eigenvalue weighted by Crippen LogP contribution is 2.30. The molecule has 0 atom stereocenters. The van der Waals surface area contributed by atoms with Crippen molar-refractivity contribution in [3.63, 3.8) is 0 Å². The van der Waals surface area contributed by atoms with Crippen molar-refractivity contribution in [3.05, 3.63) is 33.9 Å². The molecule has 0 aliphatic rings. The highest BCUT2D eigenvalue weighted by molar-refractivity contribution is 5.64. The fraction of sp³-hybridized carbons (Fsp3) is 0.600. The van der Waals surface area contributed by atoms with E-state index in [2.05, 4.69) is 32.6 Å². The molecule has 0 radical (unpaired) electrons. The normalized spacial score (nSPS) is 11.1. The summed E-state index contributed by atoms with van der Waals surface area (Å²) in [6.45, 7) is 12.1. The topological polar surface area (TPSA) is 46.4 Å². The van der Waals surface area contributed by atoms with Gasteiger partial charge in [0.05, 0.1) is 4.92 Å². The second kappa shape index (κ2) is 6.55. The molecule has 0 aliphatic heterocycles. The molecule has 4 nitrogen and oxygen atoms in total. The third kappa shape index (κ3) is 4.54. The molecule has 1 aromatic rings. The van der Waals surface area contributed by atoms with Gasteiger partial charge in [0.15, 0.2) is 0 Å². The van der Waals surface area contributed by atoms with Crippen molar-refractivity contribution in [2.75, 3.05) is 18.0 Å². The summed E-state index contributed by atoms with van der Waals surface area (Å²) in [5, 5.41) is 11.2. The number of benzene rings is 1. The lowest BCUT2D eigenvalue weighted by molar-refractivity contribution is -0.384. The van der Waals surface area contributed by atoms with Crippen LogP contribution in [0.15, 0.2) is 18.2 Å². The van der Waals surface area contributed by atoms with Crippen LogP contribution in [-0.4, -0.2) is 18.0 Å². The summed E-state index contributed by atoms with van der Waals surface area (Å²) in [7, 11) is 0. The Hall–Kier alpha value is -1.58. The first-order chi connectivity index (χ1) is 8.81. The van der Waals surface area contributed by atoms with E-state index < -0.39 is 0 Å². The van der Waals surface area contributed by atoms with Crippen molar-refractivity contribution < 1.29 is 4.92 Å². The Morgan fingerprint density at radius 2 is 1.68 bits per heavy atom. The number of aryl methyl sites for hydroxylation is 1. The molecule has 106 valence electrons. The molecule has 1 rings (SSSR count). The lowest BCUT2D eigenvalue weighted by Gasteiger charge is -2.28.